The van der Waals surface area contributed by atoms with E-state index in [4.69, 9.17) is 19.0 Å². The summed E-state index contributed by atoms with van der Waals surface area (Å²) in [5.41, 5.74) is 2.73. The fraction of sp³-hybridized carbons (Fsp3) is 0.500. The SMILES string of the molecule is COc1cc(C(=O)NOCCN(C)C)cc(OC)c1OC.Cl. The van der Waals surface area contributed by atoms with Gasteiger partial charge in [0.15, 0.2) is 11.5 Å². The Balaban J connectivity index is 0.00000441. The maximum Gasteiger partial charge on any atom is 0.275 e. The zero-order valence-corrected chi connectivity index (χ0v) is 14.3. The molecular formula is C14H23ClN2O5. The van der Waals surface area contributed by atoms with E-state index in [-0.39, 0.29) is 18.3 Å². The highest BCUT2D eigenvalue weighted by Crippen LogP contribution is 2.38. The number of likely N-dealkylation sites (N-methyl/N-ethyl adjacent to an activating group) is 1. The van der Waals surface area contributed by atoms with Crippen molar-refractivity contribution < 1.29 is 23.8 Å². The van der Waals surface area contributed by atoms with Gasteiger partial charge in [0.1, 0.15) is 0 Å². The summed E-state index contributed by atoms with van der Waals surface area (Å²) in [6.07, 6.45) is 0. The highest BCUT2D eigenvalue weighted by molar-refractivity contribution is 5.95. The molecule has 1 amide bonds. The molecule has 0 saturated carbocycles. The molecule has 0 unspecified atom stereocenters. The fourth-order valence-corrected chi connectivity index (χ4v) is 1.62. The topological polar surface area (TPSA) is 69.3 Å². The predicted octanol–water partition coefficient (Wildman–Crippen LogP) is 1.36. The number of hydrogen-bond donors (Lipinski definition) is 1. The summed E-state index contributed by atoms with van der Waals surface area (Å²) in [7, 11) is 8.33. The second-order valence-electron chi connectivity index (χ2n) is 4.50. The van der Waals surface area contributed by atoms with Crippen LogP contribution in [0.15, 0.2) is 12.1 Å². The number of hydrogen-bond acceptors (Lipinski definition) is 6. The lowest BCUT2D eigenvalue weighted by atomic mass is 10.1. The van der Waals surface area contributed by atoms with Crippen LogP contribution >= 0.6 is 12.4 Å². The van der Waals surface area contributed by atoms with Gasteiger partial charge in [-0.2, -0.15) is 0 Å². The van der Waals surface area contributed by atoms with E-state index in [0.717, 1.165) is 0 Å². The second kappa shape index (κ2) is 10.1. The molecule has 0 atom stereocenters. The fourth-order valence-electron chi connectivity index (χ4n) is 1.62. The zero-order chi connectivity index (χ0) is 15.8. The molecule has 0 radical (unpaired) electrons. The van der Waals surface area contributed by atoms with Gasteiger partial charge in [-0.15, -0.1) is 12.4 Å². The van der Waals surface area contributed by atoms with Crippen molar-refractivity contribution in [3.05, 3.63) is 17.7 Å². The Bertz CT molecular complexity index is 457. The maximum atomic E-state index is 12.0. The molecule has 1 aromatic rings. The highest BCUT2D eigenvalue weighted by Gasteiger charge is 2.16. The standard InChI is InChI=1S/C14H22N2O5.ClH/c1-16(2)6-7-21-15-14(17)10-8-11(18-3)13(20-5)12(9-10)19-4;/h8-9H,6-7H2,1-5H3,(H,15,17);1H. The Morgan fingerprint density at radius 1 is 1.09 bits per heavy atom. The van der Waals surface area contributed by atoms with Crippen LogP contribution in [0, 0.1) is 0 Å². The van der Waals surface area contributed by atoms with Gasteiger partial charge in [0, 0.05) is 12.1 Å². The van der Waals surface area contributed by atoms with Crippen LogP contribution < -0.4 is 19.7 Å². The van der Waals surface area contributed by atoms with Gasteiger partial charge in [0.25, 0.3) is 5.91 Å². The van der Waals surface area contributed by atoms with E-state index < -0.39 is 0 Å². The molecule has 1 aromatic carbocycles. The van der Waals surface area contributed by atoms with Crippen LogP contribution in [0.4, 0.5) is 0 Å². The number of carbonyl (C=O) groups is 1. The minimum atomic E-state index is -0.381. The lowest BCUT2D eigenvalue weighted by Gasteiger charge is -2.14. The smallest absolute Gasteiger partial charge is 0.275 e. The van der Waals surface area contributed by atoms with Gasteiger partial charge in [-0.3, -0.25) is 9.63 Å². The number of hydroxylamine groups is 1. The van der Waals surface area contributed by atoms with E-state index in [1.807, 2.05) is 19.0 Å². The minimum Gasteiger partial charge on any atom is -0.493 e. The van der Waals surface area contributed by atoms with Crippen molar-refractivity contribution in [1.29, 1.82) is 0 Å². The van der Waals surface area contributed by atoms with Gasteiger partial charge >= 0.3 is 0 Å². The minimum absolute atomic E-state index is 0. The van der Waals surface area contributed by atoms with Crippen molar-refractivity contribution in [3.8, 4) is 17.2 Å². The largest absolute Gasteiger partial charge is 0.493 e. The van der Waals surface area contributed by atoms with E-state index in [1.165, 1.54) is 21.3 Å². The summed E-state index contributed by atoms with van der Waals surface area (Å²) in [5.74, 6) is 0.878. The van der Waals surface area contributed by atoms with E-state index in [1.54, 1.807) is 12.1 Å². The zero-order valence-electron chi connectivity index (χ0n) is 13.5. The van der Waals surface area contributed by atoms with E-state index in [9.17, 15) is 4.79 Å². The Labute approximate surface area is 136 Å². The van der Waals surface area contributed by atoms with E-state index in [2.05, 4.69) is 5.48 Å². The number of methoxy groups -OCH3 is 3. The Hall–Kier alpha value is -1.70. The number of ether oxygens (including phenoxy) is 3. The van der Waals surface area contributed by atoms with Crippen LogP contribution in [0.5, 0.6) is 17.2 Å². The first kappa shape index (κ1) is 20.3. The maximum absolute atomic E-state index is 12.0. The normalized spacial score (nSPS) is 9.91. The van der Waals surface area contributed by atoms with Crippen LogP contribution in [0.3, 0.4) is 0 Å². The summed E-state index contributed by atoms with van der Waals surface area (Å²) in [6, 6.07) is 3.12. The quantitative estimate of drug-likeness (QED) is 0.572. The predicted molar refractivity (Wildman–Crippen MR) is 85.3 cm³/mol. The average Bonchev–Trinajstić information content (AvgIpc) is 2.49. The van der Waals surface area contributed by atoms with E-state index in [0.29, 0.717) is 36.0 Å². The van der Waals surface area contributed by atoms with Crippen LogP contribution in [0.1, 0.15) is 10.4 Å². The third kappa shape index (κ3) is 5.59. The summed E-state index contributed by atoms with van der Waals surface area (Å²) >= 11 is 0. The van der Waals surface area contributed by atoms with Crippen molar-refractivity contribution in [2.45, 2.75) is 0 Å². The molecule has 0 aliphatic rings. The molecule has 0 fully saturated rings. The number of nitrogens with zero attached hydrogens (tertiary/aromatic N) is 1. The number of rotatable bonds is 8. The summed E-state index contributed by atoms with van der Waals surface area (Å²) in [6.45, 7) is 1.10. The molecule has 0 spiro atoms. The van der Waals surface area contributed by atoms with Gasteiger partial charge in [-0.25, -0.2) is 5.48 Å². The second-order valence-corrected chi connectivity index (χ2v) is 4.50. The molecule has 0 aliphatic carbocycles. The number of carbonyl (C=O) groups excluding carboxylic acids is 1. The van der Waals surface area contributed by atoms with Crippen molar-refractivity contribution >= 4 is 18.3 Å². The Kier molecular flexibility index (Phi) is 9.32. The molecule has 22 heavy (non-hydrogen) atoms. The number of benzene rings is 1. The molecule has 7 nitrogen and oxygen atoms in total. The van der Waals surface area contributed by atoms with Crippen molar-refractivity contribution in [1.82, 2.24) is 10.4 Å². The van der Waals surface area contributed by atoms with Crippen LogP contribution in [0.25, 0.3) is 0 Å². The number of halogens is 1. The van der Waals surface area contributed by atoms with Crippen LogP contribution in [0.2, 0.25) is 0 Å². The first-order valence-electron chi connectivity index (χ1n) is 6.40. The van der Waals surface area contributed by atoms with Crippen molar-refractivity contribution in [3.63, 3.8) is 0 Å². The summed E-state index contributed by atoms with van der Waals surface area (Å²) < 4.78 is 15.6. The van der Waals surface area contributed by atoms with Crippen LogP contribution in [-0.2, 0) is 4.84 Å². The van der Waals surface area contributed by atoms with Gasteiger partial charge in [-0.05, 0) is 26.2 Å². The third-order valence-corrected chi connectivity index (χ3v) is 2.73. The summed E-state index contributed by atoms with van der Waals surface area (Å²) in [4.78, 5) is 19.1. The first-order chi connectivity index (χ1) is 10.0. The van der Waals surface area contributed by atoms with Gasteiger partial charge < -0.3 is 19.1 Å². The summed E-state index contributed by atoms with van der Waals surface area (Å²) in [5, 5.41) is 0. The average molecular weight is 335 g/mol. The van der Waals surface area contributed by atoms with Crippen molar-refractivity contribution in [2.24, 2.45) is 0 Å². The molecule has 0 heterocycles. The van der Waals surface area contributed by atoms with Gasteiger partial charge in [-0.1, -0.05) is 0 Å². The lowest BCUT2D eigenvalue weighted by Crippen LogP contribution is -2.28. The Morgan fingerprint density at radius 3 is 2.05 bits per heavy atom. The molecule has 126 valence electrons. The van der Waals surface area contributed by atoms with Crippen LogP contribution in [-0.4, -0.2) is 59.4 Å². The molecule has 1 rings (SSSR count). The molecule has 0 bridgehead atoms. The molecule has 0 aromatic heterocycles. The molecule has 0 aliphatic heterocycles. The Morgan fingerprint density at radius 2 is 1.64 bits per heavy atom. The molecule has 0 saturated heterocycles. The van der Waals surface area contributed by atoms with E-state index >= 15 is 0 Å². The lowest BCUT2D eigenvalue weighted by molar-refractivity contribution is 0.0262. The molecular weight excluding hydrogens is 312 g/mol. The first-order valence-corrected chi connectivity index (χ1v) is 6.40. The van der Waals surface area contributed by atoms with Gasteiger partial charge in [0.05, 0.1) is 27.9 Å². The van der Waals surface area contributed by atoms with Gasteiger partial charge in [0.2, 0.25) is 5.75 Å². The number of nitrogens with one attached hydrogen (secondary N) is 1. The van der Waals surface area contributed by atoms with Crippen molar-refractivity contribution in [2.75, 3.05) is 48.6 Å². The number of amides is 1. The highest BCUT2D eigenvalue weighted by atomic mass is 35.5. The molecule has 8 heteroatoms. The third-order valence-electron chi connectivity index (χ3n) is 2.73. The molecule has 1 N–H and O–H groups in total. The monoisotopic (exact) mass is 334 g/mol.